The lowest BCUT2D eigenvalue weighted by molar-refractivity contribution is 0.295. The molecule has 0 spiro atoms. The molecule has 0 amide bonds. The second-order valence-electron chi connectivity index (χ2n) is 7.67. The quantitative estimate of drug-likeness (QED) is 0.437. The molecule has 0 N–H and O–H groups in total. The summed E-state index contributed by atoms with van der Waals surface area (Å²) in [4.78, 5) is 14.9. The Bertz CT molecular complexity index is 1060. The Hall–Kier alpha value is -3.12. The van der Waals surface area contributed by atoms with Gasteiger partial charge in [0.2, 0.25) is 0 Å². The van der Waals surface area contributed by atoms with Gasteiger partial charge in [-0.15, -0.1) is 0 Å². The van der Waals surface area contributed by atoms with E-state index >= 15 is 0 Å². The number of nitrogens with zero attached hydrogens (tertiary/aromatic N) is 2. The zero-order chi connectivity index (χ0) is 22.9. The molecule has 1 aromatic heterocycles. The van der Waals surface area contributed by atoms with Crippen LogP contribution in [-0.4, -0.2) is 29.7 Å². The predicted octanol–water partition coefficient (Wildman–Crippen LogP) is 4.66. The minimum Gasteiger partial charge on any atom is -0.496 e. The van der Waals surface area contributed by atoms with Crippen molar-refractivity contribution in [3.63, 3.8) is 0 Å². The fraction of sp³-hybridized carbons (Fsp3) is 0.346. The number of benzene rings is 2. The van der Waals surface area contributed by atoms with Crippen molar-refractivity contribution >= 4 is 0 Å². The van der Waals surface area contributed by atoms with E-state index in [-0.39, 0.29) is 18.0 Å². The van der Waals surface area contributed by atoms with Crippen molar-refractivity contribution in [2.45, 2.75) is 40.0 Å². The van der Waals surface area contributed by atoms with Crippen molar-refractivity contribution in [3.8, 4) is 11.5 Å². The first kappa shape index (κ1) is 23.5. The fourth-order valence-corrected chi connectivity index (χ4v) is 3.55. The van der Waals surface area contributed by atoms with Gasteiger partial charge in [0.15, 0.2) is 0 Å². The molecule has 2 aromatic carbocycles. The number of pyridine rings is 1. The highest BCUT2D eigenvalue weighted by Crippen LogP contribution is 2.22. The second-order valence-corrected chi connectivity index (χ2v) is 7.67. The minimum absolute atomic E-state index is 0.126. The molecule has 0 unspecified atom stereocenters. The van der Waals surface area contributed by atoms with Gasteiger partial charge in [-0.1, -0.05) is 38.1 Å². The van der Waals surface area contributed by atoms with Crippen LogP contribution in [-0.2, 0) is 26.1 Å². The standard InChI is InChI=1S/C26H31FN2O3/c1-4-28(5-2)18-21-6-9-22(25(16-21)31-3)12-14-29-15-13-24(17-26(29)30)32-19-20-7-10-23(27)11-8-20/h6-11,13,15-17H,4-5,12,14,18-19H2,1-3H3. The summed E-state index contributed by atoms with van der Waals surface area (Å²) in [5, 5.41) is 0. The number of aromatic nitrogens is 1. The van der Waals surface area contributed by atoms with E-state index in [0.29, 0.717) is 18.7 Å². The molecule has 0 atom stereocenters. The smallest absolute Gasteiger partial charge is 0.254 e. The Morgan fingerprint density at radius 2 is 1.69 bits per heavy atom. The van der Waals surface area contributed by atoms with Crippen molar-refractivity contribution in [2.75, 3.05) is 20.2 Å². The van der Waals surface area contributed by atoms with Gasteiger partial charge in [0.25, 0.3) is 5.56 Å². The van der Waals surface area contributed by atoms with Gasteiger partial charge in [-0.25, -0.2) is 4.39 Å². The van der Waals surface area contributed by atoms with Crippen LogP contribution in [0, 0.1) is 5.82 Å². The number of ether oxygens (including phenoxy) is 2. The maximum Gasteiger partial charge on any atom is 0.254 e. The minimum atomic E-state index is -0.286. The Morgan fingerprint density at radius 3 is 2.34 bits per heavy atom. The molecule has 0 saturated heterocycles. The van der Waals surface area contributed by atoms with E-state index in [9.17, 15) is 9.18 Å². The van der Waals surface area contributed by atoms with Crippen molar-refractivity contribution < 1.29 is 13.9 Å². The van der Waals surface area contributed by atoms with E-state index in [0.717, 1.165) is 36.5 Å². The molecule has 3 aromatic rings. The first-order chi connectivity index (χ1) is 15.5. The number of hydrogen-bond donors (Lipinski definition) is 0. The van der Waals surface area contributed by atoms with Crippen molar-refractivity contribution in [2.24, 2.45) is 0 Å². The summed E-state index contributed by atoms with van der Waals surface area (Å²) >= 11 is 0. The van der Waals surface area contributed by atoms with Crippen LogP contribution in [0.5, 0.6) is 11.5 Å². The third-order valence-corrected chi connectivity index (χ3v) is 5.56. The molecule has 0 aliphatic heterocycles. The molecule has 0 fully saturated rings. The van der Waals surface area contributed by atoms with E-state index in [1.165, 1.54) is 23.8 Å². The average molecular weight is 439 g/mol. The summed E-state index contributed by atoms with van der Waals surface area (Å²) < 4.78 is 25.9. The van der Waals surface area contributed by atoms with Gasteiger partial charge >= 0.3 is 0 Å². The first-order valence-corrected chi connectivity index (χ1v) is 11.0. The van der Waals surface area contributed by atoms with E-state index in [2.05, 4.69) is 36.9 Å². The molecule has 0 radical (unpaired) electrons. The normalized spacial score (nSPS) is 11.0. The van der Waals surface area contributed by atoms with Gasteiger partial charge in [0.05, 0.1) is 7.11 Å². The molecule has 6 heteroatoms. The molecular formula is C26H31FN2O3. The maximum absolute atomic E-state index is 13.0. The van der Waals surface area contributed by atoms with Crippen LogP contribution >= 0.6 is 0 Å². The lowest BCUT2D eigenvalue weighted by atomic mass is 10.1. The van der Waals surface area contributed by atoms with Crippen LogP contribution in [0.25, 0.3) is 0 Å². The third-order valence-electron chi connectivity index (χ3n) is 5.56. The van der Waals surface area contributed by atoms with Crippen LogP contribution in [0.1, 0.15) is 30.5 Å². The molecule has 0 saturated carbocycles. The highest BCUT2D eigenvalue weighted by molar-refractivity contribution is 5.37. The van der Waals surface area contributed by atoms with Gasteiger partial charge < -0.3 is 14.0 Å². The highest BCUT2D eigenvalue weighted by Gasteiger charge is 2.08. The summed E-state index contributed by atoms with van der Waals surface area (Å²) in [5.41, 5.74) is 3.00. The van der Waals surface area contributed by atoms with Crippen LogP contribution in [0.2, 0.25) is 0 Å². The molecule has 32 heavy (non-hydrogen) atoms. The summed E-state index contributed by atoms with van der Waals surface area (Å²) in [7, 11) is 1.68. The third kappa shape index (κ3) is 6.44. The van der Waals surface area contributed by atoms with E-state index < -0.39 is 0 Å². The van der Waals surface area contributed by atoms with Gasteiger partial charge in [-0.3, -0.25) is 9.69 Å². The van der Waals surface area contributed by atoms with Crippen LogP contribution < -0.4 is 15.0 Å². The van der Waals surface area contributed by atoms with Crippen LogP contribution in [0.4, 0.5) is 4.39 Å². The Kier molecular flexibility index (Phi) is 8.45. The van der Waals surface area contributed by atoms with Gasteiger partial charge in [0.1, 0.15) is 23.9 Å². The zero-order valence-corrected chi connectivity index (χ0v) is 19.0. The summed E-state index contributed by atoms with van der Waals surface area (Å²) in [6.07, 6.45) is 2.42. The number of hydrogen-bond acceptors (Lipinski definition) is 4. The van der Waals surface area contributed by atoms with E-state index in [1.807, 2.05) is 0 Å². The molecular weight excluding hydrogens is 407 g/mol. The van der Waals surface area contributed by atoms with E-state index in [4.69, 9.17) is 9.47 Å². The van der Waals surface area contributed by atoms with Gasteiger partial charge in [0, 0.05) is 25.4 Å². The SMILES string of the molecule is CCN(CC)Cc1ccc(CCn2ccc(OCc3ccc(F)cc3)cc2=O)c(OC)c1. The number of aryl methyl sites for hydroxylation is 2. The number of methoxy groups -OCH3 is 1. The first-order valence-electron chi connectivity index (χ1n) is 11.0. The van der Waals surface area contributed by atoms with Gasteiger partial charge in [-0.2, -0.15) is 0 Å². The number of halogens is 1. The fourth-order valence-electron chi connectivity index (χ4n) is 3.55. The lowest BCUT2D eigenvalue weighted by Crippen LogP contribution is -2.22. The summed E-state index contributed by atoms with van der Waals surface area (Å²) in [6.45, 7) is 8.05. The van der Waals surface area contributed by atoms with E-state index in [1.54, 1.807) is 36.1 Å². The second kappa shape index (κ2) is 11.5. The summed E-state index contributed by atoms with van der Waals surface area (Å²) in [5.74, 6) is 1.06. The highest BCUT2D eigenvalue weighted by atomic mass is 19.1. The average Bonchev–Trinajstić information content (AvgIpc) is 2.82. The maximum atomic E-state index is 13.0. The zero-order valence-electron chi connectivity index (χ0n) is 19.0. The van der Waals surface area contributed by atoms with Crippen molar-refractivity contribution in [3.05, 3.63) is 93.7 Å². The Labute approximate surface area is 189 Å². The Morgan fingerprint density at radius 1 is 0.969 bits per heavy atom. The largest absolute Gasteiger partial charge is 0.496 e. The molecule has 170 valence electrons. The van der Waals surface area contributed by atoms with Gasteiger partial charge in [-0.05, 0) is 60.5 Å². The Balaban J connectivity index is 1.61. The number of rotatable bonds is 11. The molecule has 3 rings (SSSR count). The molecule has 0 aliphatic carbocycles. The molecule has 5 nitrogen and oxygen atoms in total. The predicted molar refractivity (Wildman–Crippen MR) is 125 cm³/mol. The summed E-state index contributed by atoms with van der Waals surface area (Å²) in [6, 6.07) is 15.7. The van der Waals surface area contributed by atoms with Crippen LogP contribution in [0.15, 0.2) is 65.6 Å². The van der Waals surface area contributed by atoms with Crippen molar-refractivity contribution in [1.29, 1.82) is 0 Å². The lowest BCUT2D eigenvalue weighted by Gasteiger charge is -2.19. The molecule has 1 heterocycles. The topological polar surface area (TPSA) is 43.7 Å². The van der Waals surface area contributed by atoms with Crippen molar-refractivity contribution in [1.82, 2.24) is 9.47 Å². The molecule has 0 aliphatic rings. The monoisotopic (exact) mass is 438 g/mol. The van der Waals surface area contributed by atoms with Crippen LogP contribution in [0.3, 0.4) is 0 Å². The molecule has 0 bridgehead atoms.